The number of aromatic nitrogens is 2. The van der Waals surface area contributed by atoms with Crippen molar-refractivity contribution in [2.24, 2.45) is 5.92 Å². The summed E-state index contributed by atoms with van der Waals surface area (Å²) in [6.45, 7) is 0.0540. The van der Waals surface area contributed by atoms with Crippen LogP contribution in [0.1, 0.15) is 70.6 Å². The van der Waals surface area contributed by atoms with Crippen molar-refractivity contribution in [2.75, 3.05) is 6.54 Å². The molecule has 5 amide bonds. The van der Waals surface area contributed by atoms with E-state index >= 15 is 0 Å². The largest absolute Gasteiger partial charge is 0.471 e. The number of amides is 5. The van der Waals surface area contributed by atoms with Crippen molar-refractivity contribution in [2.45, 2.75) is 100 Å². The van der Waals surface area contributed by atoms with Gasteiger partial charge in [-0.15, -0.1) is 11.3 Å². The lowest BCUT2D eigenvalue weighted by Crippen LogP contribution is -2.58. The molecule has 0 bridgehead atoms. The smallest absolute Gasteiger partial charge is 0.315 e. The third-order valence-corrected chi connectivity index (χ3v) is 11.3. The first-order valence-corrected chi connectivity index (χ1v) is 18.8. The second-order valence-electron chi connectivity index (χ2n) is 13.9. The van der Waals surface area contributed by atoms with E-state index in [2.05, 4.69) is 21.3 Å². The minimum absolute atomic E-state index is 0.0540. The van der Waals surface area contributed by atoms with Crippen LogP contribution < -0.4 is 26.0 Å². The molecular formula is C37H42N8O5S. The number of ether oxygens (including phenoxy) is 1. The number of nitrogens with one attached hydrogen (secondary N) is 4. The first-order chi connectivity index (χ1) is 24.8. The molecule has 2 aromatic heterocycles. The second-order valence-corrected chi connectivity index (χ2v) is 14.8. The Labute approximate surface area is 300 Å². The number of allylic oxidation sites excluding steroid dienone is 1. The molecule has 5 atom stereocenters. The van der Waals surface area contributed by atoms with Gasteiger partial charge in [-0.25, -0.2) is 14.8 Å². The molecule has 3 aromatic rings. The van der Waals surface area contributed by atoms with E-state index in [0.717, 1.165) is 49.8 Å². The standard InChI is InChI=1S/C37H42N8O5S/c38-22-39-35(48)37-20-23(37)11-4-2-1-3-5-16-28(43-36(49)40-24-12-6-7-13-24)34(47)45-21-25(19-29(45)32(46)44-37)50-33-31(30-17-10-18-51-30)41-26-14-8-9-15-27(26)42-33/h4,8-11,14-15,17-18,23-25,28-29H,1-3,5-7,12-13,16,19-21H2,(H,39,48)(H,44,46)(H2,40,43,49)/b11-4+/t23?,25-,28-,29+,37-/m1/s1. The molecule has 0 radical (unpaired) electrons. The van der Waals surface area contributed by atoms with Gasteiger partial charge in [0.2, 0.25) is 17.7 Å². The first-order valence-electron chi connectivity index (χ1n) is 17.9. The van der Waals surface area contributed by atoms with E-state index in [1.54, 1.807) is 6.19 Å². The number of fused-ring (bicyclic) bond motifs is 3. The van der Waals surface area contributed by atoms with E-state index in [4.69, 9.17) is 14.7 Å². The van der Waals surface area contributed by atoms with Gasteiger partial charge in [0.15, 0.2) is 6.19 Å². The van der Waals surface area contributed by atoms with E-state index in [9.17, 15) is 24.4 Å². The molecule has 2 aliphatic heterocycles. The maximum Gasteiger partial charge on any atom is 0.315 e. The van der Waals surface area contributed by atoms with Gasteiger partial charge in [-0.2, -0.15) is 5.26 Å². The molecule has 2 saturated carbocycles. The fourth-order valence-electron chi connectivity index (χ4n) is 7.58. The lowest BCUT2D eigenvalue weighted by Gasteiger charge is -2.30. The minimum Gasteiger partial charge on any atom is -0.471 e. The maximum absolute atomic E-state index is 14.5. The molecule has 4 heterocycles. The summed E-state index contributed by atoms with van der Waals surface area (Å²) in [4.78, 5) is 67.1. The lowest BCUT2D eigenvalue weighted by molar-refractivity contribution is -0.141. The van der Waals surface area contributed by atoms with Crippen molar-refractivity contribution in [1.82, 2.24) is 36.1 Å². The highest BCUT2D eigenvalue weighted by atomic mass is 32.1. The van der Waals surface area contributed by atoms with E-state index in [-0.39, 0.29) is 30.8 Å². The average molecular weight is 711 g/mol. The molecule has 2 aliphatic carbocycles. The van der Waals surface area contributed by atoms with Gasteiger partial charge < -0.3 is 25.6 Å². The third-order valence-electron chi connectivity index (χ3n) is 10.4. The van der Waals surface area contributed by atoms with Crippen LogP contribution in [0.2, 0.25) is 0 Å². The molecule has 14 heteroatoms. The summed E-state index contributed by atoms with van der Waals surface area (Å²) in [5, 5.41) is 22.3. The summed E-state index contributed by atoms with van der Waals surface area (Å²) < 4.78 is 6.56. The number of carbonyl (C=O) groups excluding carboxylic acids is 4. The quantitative estimate of drug-likeness (QED) is 0.166. The van der Waals surface area contributed by atoms with Crippen molar-refractivity contribution in [3.8, 4) is 22.6 Å². The summed E-state index contributed by atoms with van der Waals surface area (Å²) in [6.07, 6.45) is 12.9. The van der Waals surface area contributed by atoms with Crippen LogP contribution in [0.25, 0.3) is 21.6 Å². The first kappa shape index (κ1) is 34.4. The number of rotatable bonds is 6. The van der Waals surface area contributed by atoms with Crippen molar-refractivity contribution < 1.29 is 23.9 Å². The van der Waals surface area contributed by atoms with Crippen LogP contribution in [-0.4, -0.2) is 74.9 Å². The fourth-order valence-corrected chi connectivity index (χ4v) is 8.29. The van der Waals surface area contributed by atoms with Gasteiger partial charge in [-0.1, -0.05) is 56.0 Å². The molecule has 1 aromatic carbocycles. The molecule has 51 heavy (non-hydrogen) atoms. The van der Waals surface area contributed by atoms with Crippen LogP contribution in [0.15, 0.2) is 53.9 Å². The number of hydrogen-bond acceptors (Lipinski definition) is 9. The molecule has 266 valence electrons. The summed E-state index contributed by atoms with van der Waals surface area (Å²) >= 11 is 1.50. The zero-order chi connectivity index (χ0) is 35.4. The van der Waals surface area contributed by atoms with Crippen molar-refractivity contribution in [1.29, 1.82) is 5.26 Å². The Balaban J connectivity index is 1.20. The Morgan fingerprint density at radius 3 is 2.55 bits per heavy atom. The molecule has 4 N–H and O–H groups in total. The number of urea groups is 1. The molecule has 13 nitrogen and oxygen atoms in total. The monoisotopic (exact) mass is 710 g/mol. The summed E-state index contributed by atoms with van der Waals surface area (Å²) in [5.74, 6) is -1.49. The number of nitrogens with zero attached hydrogens (tertiary/aromatic N) is 4. The van der Waals surface area contributed by atoms with Crippen molar-refractivity contribution >= 4 is 46.1 Å². The highest BCUT2D eigenvalue weighted by Crippen LogP contribution is 2.45. The summed E-state index contributed by atoms with van der Waals surface area (Å²) in [7, 11) is 0. The van der Waals surface area contributed by atoms with Crippen LogP contribution in [0, 0.1) is 17.4 Å². The summed E-state index contributed by atoms with van der Waals surface area (Å²) in [6, 6.07) is 9.15. The SMILES string of the molecule is N#CNC(=O)[C@@]12CC1/C=C/CCCCC[C@@H](NC(=O)NC1CCCC1)C(=O)N1C[C@H](Oc3nc4ccccc4nc3-c3cccs3)C[C@H]1C(=O)N2. The number of nitriles is 1. The number of benzene rings is 1. The predicted molar refractivity (Wildman–Crippen MR) is 190 cm³/mol. The number of hydrogen-bond donors (Lipinski definition) is 4. The Kier molecular flexibility index (Phi) is 10.2. The van der Waals surface area contributed by atoms with Crippen LogP contribution in [-0.2, 0) is 14.4 Å². The van der Waals surface area contributed by atoms with Gasteiger partial charge >= 0.3 is 6.03 Å². The van der Waals surface area contributed by atoms with Gasteiger partial charge in [0.25, 0.3) is 5.91 Å². The Bertz CT molecular complexity index is 1850. The predicted octanol–water partition coefficient (Wildman–Crippen LogP) is 4.31. The molecule has 1 unspecified atom stereocenters. The Hall–Kier alpha value is -5.03. The zero-order valence-electron chi connectivity index (χ0n) is 28.3. The van der Waals surface area contributed by atoms with Crippen LogP contribution in [0.5, 0.6) is 5.88 Å². The van der Waals surface area contributed by atoms with Gasteiger partial charge in [-0.05, 0) is 62.1 Å². The molecule has 0 spiro atoms. The Morgan fingerprint density at radius 1 is 1.00 bits per heavy atom. The number of carbonyl (C=O) groups is 4. The molecule has 7 rings (SSSR count). The van der Waals surface area contributed by atoms with Gasteiger partial charge in [0.05, 0.1) is 22.5 Å². The molecule has 1 saturated heterocycles. The molecule has 3 fully saturated rings. The normalized spacial score (nSPS) is 27.5. The highest BCUT2D eigenvalue weighted by molar-refractivity contribution is 7.13. The average Bonchev–Trinajstić information content (AvgIpc) is 3.62. The van der Waals surface area contributed by atoms with E-state index in [1.807, 2.05) is 53.9 Å². The fraction of sp³-hybridized carbons (Fsp3) is 0.486. The zero-order valence-corrected chi connectivity index (χ0v) is 29.1. The van der Waals surface area contributed by atoms with E-state index in [1.165, 1.54) is 16.2 Å². The van der Waals surface area contributed by atoms with Gasteiger partial charge in [0, 0.05) is 18.4 Å². The van der Waals surface area contributed by atoms with Gasteiger partial charge in [0.1, 0.15) is 29.4 Å². The highest BCUT2D eigenvalue weighted by Gasteiger charge is 2.61. The minimum atomic E-state index is -1.30. The molecule has 4 aliphatic rings. The number of para-hydroxylation sites is 2. The van der Waals surface area contributed by atoms with E-state index < -0.39 is 41.6 Å². The maximum atomic E-state index is 14.5. The lowest BCUT2D eigenvalue weighted by atomic mass is 10.0. The van der Waals surface area contributed by atoms with Gasteiger partial charge in [-0.3, -0.25) is 19.7 Å². The van der Waals surface area contributed by atoms with Crippen molar-refractivity contribution in [3.05, 3.63) is 53.9 Å². The number of thiophene rings is 1. The molecular weight excluding hydrogens is 669 g/mol. The van der Waals surface area contributed by atoms with Crippen LogP contribution in [0.3, 0.4) is 0 Å². The van der Waals surface area contributed by atoms with E-state index in [0.29, 0.717) is 41.9 Å². The second kappa shape index (κ2) is 15.1. The van der Waals surface area contributed by atoms with Crippen LogP contribution in [0.4, 0.5) is 4.79 Å². The third kappa shape index (κ3) is 7.54. The topological polar surface area (TPSA) is 178 Å². The van der Waals surface area contributed by atoms with Crippen LogP contribution >= 0.6 is 11.3 Å². The Morgan fingerprint density at radius 2 is 1.78 bits per heavy atom. The summed E-state index contributed by atoms with van der Waals surface area (Å²) in [5.41, 5.74) is 0.615. The van der Waals surface area contributed by atoms with Crippen molar-refractivity contribution in [3.63, 3.8) is 0 Å².